The van der Waals surface area contributed by atoms with Crippen LogP contribution in [0.25, 0.3) is 0 Å². The molecule has 0 atom stereocenters. The number of hydrogen-bond donors (Lipinski definition) is 1. The van der Waals surface area contributed by atoms with Gasteiger partial charge in [-0.1, -0.05) is 18.9 Å². The van der Waals surface area contributed by atoms with Gasteiger partial charge in [0.05, 0.1) is 17.7 Å². The molecule has 4 rings (SSSR count). The molecule has 1 amide bonds. The second-order valence-corrected chi connectivity index (χ2v) is 9.94. The first kappa shape index (κ1) is 20.7. The van der Waals surface area contributed by atoms with Crippen molar-refractivity contribution in [1.29, 1.82) is 0 Å². The Labute approximate surface area is 178 Å². The Morgan fingerprint density at radius 3 is 2.40 bits per heavy atom. The first-order chi connectivity index (χ1) is 14.3. The lowest BCUT2D eigenvalue weighted by Gasteiger charge is -2.22. The van der Waals surface area contributed by atoms with Gasteiger partial charge in [-0.25, -0.2) is 8.42 Å². The van der Waals surface area contributed by atoms with E-state index in [0.717, 1.165) is 54.5 Å². The van der Waals surface area contributed by atoms with E-state index in [-0.39, 0.29) is 16.7 Å². The van der Waals surface area contributed by atoms with Crippen molar-refractivity contribution in [3.05, 3.63) is 47.0 Å². The zero-order valence-electron chi connectivity index (χ0n) is 17.7. The number of amides is 1. The van der Waals surface area contributed by atoms with Gasteiger partial charge >= 0.3 is 0 Å². The highest BCUT2D eigenvalue weighted by Crippen LogP contribution is 2.36. The quantitative estimate of drug-likeness (QED) is 0.775. The third-order valence-corrected chi connectivity index (χ3v) is 7.51. The third kappa shape index (κ3) is 3.78. The standard InChI is InChI=1S/C23H28N2O4S/c1-15-12-20(13-16(2)22(15)29-3)30(27,28)24-19-9-8-17-10-11-25(21(17)14-19)23(26)18-6-4-5-7-18/h8-9,12-14,18,24H,4-7,10-11H2,1-3H3. The molecule has 1 aliphatic heterocycles. The van der Waals surface area contributed by atoms with Crippen molar-refractivity contribution in [3.8, 4) is 5.75 Å². The van der Waals surface area contributed by atoms with Crippen LogP contribution in [0.1, 0.15) is 42.4 Å². The summed E-state index contributed by atoms with van der Waals surface area (Å²) in [5.41, 5.74) is 3.90. The van der Waals surface area contributed by atoms with E-state index in [9.17, 15) is 13.2 Å². The molecule has 7 heteroatoms. The molecule has 0 unspecified atom stereocenters. The van der Waals surface area contributed by atoms with Crippen LogP contribution in [-0.2, 0) is 21.2 Å². The van der Waals surface area contributed by atoms with E-state index in [2.05, 4.69) is 4.72 Å². The van der Waals surface area contributed by atoms with Gasteiger partial charge in [-0.3, -0.25) is 9.52 Å². The maximum absolute atomic E-state index is 13.0. The number of nitrogens with one attached hydrogen (secondary N) is 1. The Morgan fingerprint density at radius 2 is 1.77 bits per heavy atom. The average molecular weight is 429 g/mol. The summed E-state index contributed by atoms with van der Waals surface area (Å²) < 4.78 is 34.0. The van der Waals surface area contributed by atoms with Crippen LogP contribution < -0.4 is 14.4 Å². The van der Waals surface area contributed by atoms with Gasteiger partial charge in [0, 0.05) is 18.2 Å². The number of methoxy groups -OCH3 is 1. The molecule has 30 heavy (non-hydrogen) atoms. The Morgan fingerprint density at radius 1 is 1.10 bits per heavy atom. The van der Waals surface area contributed by atoms with Crippen LogP contribution in [0.5, 0.6) is 5.75 Å². The number of fused-ring (bicyclic) bond motifs is 1. The van der Waals surface area contributed by atoms with Gasteiger partial charge in [0.2, 0.25) is 5.91 Å². The molecule has 2 aromatic rings. The van der Waals surface area contributed by atoms with Crippen LogP contribution in [0.2, 0.25) is 0 Å². The van der Waals surface area contributed by atoms with E-state index in [4.69, 9.17) is 4.74 Å². The largest absolute Gasteiger partial charge is 0.496 e. The molecule has 1 N–H and O–H groups in total. The minimum Gasteiger partial charge on any atom is -0.496 e. The average Bonchev–Trinajstić information content (AvgIpc) is 3.37. The number of hydrogen-bond acceptors (Lipinski definition) is 4. The molecule has 6 nitrogen and oxygen atoms in total. The highest BCUT2D eigenvalue weighted by atomic mass is 32.2. The fourth-order valence-electron chi connectivity index (χ4n) is 4.67. The summed E-state index contributed by atoms with van der Waals surface area (Å²) in [4.78, 5) is 15.0. The fraction of sp³-hybridized carbons (Fsp3) is 0.435. The monoisotopic (exact) mass is 428 g/mol. The first-order valence-corrected chi connectivity index (χ1v) is 11.9. The van der Waals surface area contributed by atoms with E-state index in [1.807, 2.05) is 24.8 Å². The lowest BCUT2D eigenvalue weighted by atomic mass is 10.1. The summed E-state index contributed by atoms with van der Waals surface area (Å²) in [7, 11) is -2.19. The Balaban J connectivity index is 1.60. The molecule has 1 heterocycles. The van der Waals surface area contributed by atoms with E-state index < -0.39 is 10.0 Å². The van der Waals surface area contributed by atoms with Crippen molar-refractivity contribution in [3.63, 3.8) is 0 Å². The second-order valence-electron chi connectivity index (χ2n) is 8.26. The highest BCUT2D eigenvalue weighted by Gasteiger charge is 2.32. The molecule has 0 bridgehead atoms. The maximum Gasteiger partial charge on any atom is 0.261 e. The Bertz CT molecular complexity index is 1070. The van der Waals surface area contributed by atoms with Gasteiger partial charge in [-0.05, 0) is 74.1 Å². The number of aryl methyl sites for hydroxylation is 2. The van der Waals surface area contributed by atoms with Crippen LogP contribution in [0.4, 0.5) is 11.4 Å². The molecule has 1 fully saturated rings. The lowest BCUT2D eigenvalue weighted by Crippen LogP contribution is -2.33. The van der Waals surface area contributed by atoms with Crippen LogP contribution in [-0.4, -0.2) is 28.0 Å². The highest BCUT2D eigenvalue weighted by molar-refractivity contribution is 7.92. The van der Waals surface area contributed by atoms with Crippen LogP contribution in [0, 0.1) is 19.8 Å². The van der Waals surface area contributed by atoms with Crippen LogP contribution in [0.3, 0.4) is 0 Å². The van der Waals surface area contributed by atoms with Gasteiger partial charge in [0.1, 0.15) is 5.75 Å². The minimum absolute atomic E-state index is 0.0987. The summed E-state index contributed by atoms with van der Waals surface area (Å²) in [5.74, 6) is 0.960. The molecule has 0 radical (unpaired) electrons. The zero-order chi connectivity index (χ0) is 21.5. The molecule has 1 aliphatic carbocycles. The number of rotatable bonds is 5. The number of sulfonamides is 1. The molecular formula is C23H28N2O4S. The second kappa shape index (κ2) is 7.95. The maximum atomic E-state index is 13.0. The molecule has 0 saturated heterocycles. The molecular weight excluding hydrogens is 400 g/mol. The Hall–Kier alpha value is -2.54. The van der Waals surface area contributed by atoms with E-state index in [1.54, 1.807) is 31.4 Å². The summed E-state index contributed by atoms with van der Waals surface area (Å²) in [5, 5.41) is 0. The summed E-state index contributed by atoms with van der Waals surface area (Å²) >= 11 is 0. The topological polar surface area (TPSA) is 75.7 Å². The first-order valence-electron chi connectivity index (χ1n) is 10.4. The van der Waals surface area contributed by atoms with Gasteiger partial charge in [0.15, 0.2) is 0 Å². The number of carbonyl (C=O) groups is 1. The normalized spacial score (nSPS) is 16.6. The lowest BCUT2D eigenvalue weighted by molar-refractivity contribution is -0.122. The number of anilines is 2. The molecule has 0 aromatic heterocycles. The summed E-state index contributed by atoms with van der Waals surface area (Å²) in [6.07, 6.45) is 4.92. The van der Waals surface area contributed by atoms with Crippen molar-refractivity contribution in [2.24, 2.45) is 5.92 Å². The Kier molecular flexibility index (Phi) is 5.49. The molecule has 0 spiro atoms. The number of nitrogens with zero attached hydrogens (tertiary/aromatic N) is 1. The fourth-order valence-corrected chi connectivity index (χ4v) is 5.89. The third-order valence-electron chi connectivity index (χ3n) is 6.15. The molecule has 160 valence electrons. The SMILES string of the molecule is COc1c(C)cc(S(=O)(=O)Nc2ccc3c(c2)N(C(=O)C2CCCC2)CC3)cc1C. The van der Waals surface area contributed by atoms with Crippen molar-refractivity contribution in [1.82, 2.24) is 0 Å². The van der Waals surface area contributed by atoms with Crippen molar-refractivity contribution in [2.75, 3.05) is 23.3 Å². The van der Waals surface area contributed by atoms with Gasteiger partial charge in [-0.15, -0.1) is 0 Å². The molecule has 2 aliphatic rings. The minimum atomic E-state index is -3.76. The summed E-state index contributed by atoms with van der Waals surface area (Å²) in [6, 6.07) is 8.69. The predicted octanol–water partition coefficient (Wildman–Crippen LogP) is 4.19. The molecule has 1 saturated carbocycles. The van der Waals surface area contributed by atoms with Gasteiger partial charge in [0.25, 0.3) is 10.0 Å². The number of benzene rings is 2. The molecule has 2 aromatic carbocycles. The van der Waals surface area contributed by atoms with E-state index >= 15 is 0 Å². The van der Waals surface area contributed by atoms with E-state index in [1.165, 1.54) is 0 Å². The zero-order valence-corrected chi connectivity index (χ0v) is 18.5. The van der Waals surface area contributed by atoms with Gasteiger partial charge < -0.3 is 9.64 Å². The van der Waals surface area contributed by atoms with Gasteiger partial charge in [-0.2, -0.15) is 0 Å². The van der Waals surface area contributed by atoms with Crippen molar-refractivity contribution >= 4 is 27.3 Å². The van der Waals surface area contributed by atoms with Crippen LogP contribution in [0.15, 0.2) is 35.2 Å². The predicted molar refractivity (Wildman–Crippen MR) is 118 cm³/mol. The van der Waals surface area contributed by atoms with Crippen LogP contribution >= 0.6 is 0 Å². The van der Waals surface area contributed by atoms with Crippen molar-refractivity contribution < 1.29 is 17.9 Å². The number of ether oxygens (including phenoxy) is 1. The van der Waals surface area contributed by atoms with E-state index in [0.29, 0.717) is 18.0 Å². The van der Waals surface area contributed by atoms with Crippen molar-refractivity contribution in [2.45, 2.75) is 50.8 Å². The smallest absolute Gasteiger partial charge is 0.261 e. The number of carbonyl (C=O) groups excluding carboxylic acids is 1. The summed E-state index contributed by atoms with van der Waals surface area (Å²) in [6.45, 7) is 4.32.